The normalized spacial score (nSPS) is 23.6. The maximum Gasteiger partial charge on any atom is 0.307 e. The molecule has 0 saturated heterocycles. The van der Waals surface area contributed by atoms with Crippen molar-refractivity contribution in [2.24, 2.45) is 5.92 Å². The average molecular weight is 218 g/mol. The van der Waals surface area contributed by atoms with Crippen molar-refractivity contribution in [3.63, 3.8) is 0 Å². The standard InChI is InChI=1S/C11H10N2O3/c1-5-2-8-9(4-12-5)16-10(13-8)6-3-7(6)11(14)15/h2,4,6-7H,3H2,1H3,(H,14,15)/t6-,7-/m0/s1. The predicted octanol–water partition coefficient (Wildman–Crippen LogP) is 1.72. The number of hydrogen-bond acceptors (Lipinski definition) is 4. The van der Waals surface area contributed by atoms with Crippen molar-refractivity contribution in [2.45, 2.75) is 19.3 Å². The largest absolute Gasteiger partial charge is 0.481 e. The molecule has 0 amide bonds. The fraction of sp³-hybridized carbons (Fsp3) is 0.364. The summed E-state index contributed by atoms with van der Waals surface area (Å²) in [6.07, 6.45) is 2.24. The van der Waals surface area contributed by atoms with E-state index in [0.717, 1.165) is 11.2 Å². The number of carboxylic acid groups (broad SMARTS) is 1. The van der Waals surface area contributed by atoms with Gasteiger partial charge in [-0.05, 0) is 19.4 Å². The molecule has 1 N–H and O–H groups in total. The molecule has 0 aliphatic heterocycles. The lowest BCUT2D eigenvalue weighted by Crippen LogP contribution is -1.98. The smallest absolute Gasteiger partial charge is 0.307 e. The highest BCUT2D eigenvalue weighted by molar-refractivity contribution is 5.76. The molecule has 1 aliphatic rings. The van der Waals surface area contributed by atoms with Gasteiger partial charge in [-0.2, -0.15) is 0 Å². The quantitative estimate of drug-likeness (QED) is 0.830. The Morgan fingerprint density at radius 3 is 3.12 bits per heavy atom. The number of carbonyl (C=O) groups is 1. The molecule has 3 rings (SSSR count). The first-order chi connectivity index (χ1) is 7.65. The Kier molecular flexibility index (Phi) is 1.77. The van der Waals surface area contributed by atoms with Crippen LogP contribution in [0.25, 0.3) is 11.1 Å². The lowest BCUT2D eigenvalue weighted by Gasteiger charge is -1.88. The van der Waals surface area contributed by atoms with Gasteiger partial charge in [-0.25, -0.2) is 4.98 Å². The Morgan fingerprint density at radius 1 is 1.62 bits per heavy atom. The van der Waals surface area contributed by atoms with Gasteiger partial charge in [0.15, 0.2) is 11.5 Å². The van der Waals surface area contributed by atoms with Gasteiger partial charge in [0.25, 0.3) is 0 Å². The van der Waals surface area contributed by atoms with Crippen LogP contribution < -0.4 is 0 Å². The summed E-state index contributed by atoms with van der Waals surface area (Å²) in [5, 5.41) is 8.82. The zero-order valence-corrected chi connectivity index (χ0v) is 8.67. The number of aliphatic carboxylic acids is 1. The van der Waals surface area contributed by atoms with E-state index in [1.807, 2.05) is 13.0 Å². The van der Waals surface area contributed by atoms with Crippen molar-refractivity contribution >= 4 is 17.1 Å². The van der Waals surface area contributed by atoms with Crippen molar-refractivity contribution in [3.8, 4) is 0 Å². The summed E-state index contributed by atoms with van der Waals surface area (Å²) in [4.78, 5) is 19.1. The van der Waals surface area contributed by atoms with Gasteiger partial charge in [0.1, 0.15) is 5.52 Å². The predicted molar refractivity (Wildman–Crippen MR) is 55.0 cm³/mol. The minimum absolute atomic E-state index is 0.0646. The summed E-state index contributed by atoms with van der Waals surface area (Å²) in [6.45, 7) is 1.88. The molecule has 1 saturated carbocycles. The molecule has 1 fully saturated rings. The Morgan fingerprint density at radius 2 is 2.44 bits per heavy atom. The highest BCUT2D eigenvalue weighted by Crippen LogP contribution is 2.47. The molecule has 1 aliphatic carbocycles. The molecule has 0 bridgehead atoms. The third-order valence-corrected chi connectivity index (χ3v) is 2.85. The second-order valence-electron chi connectivity index (χ2n) is 4.13. The minimum atomic E-state index is -0.776. The molecule has 0 aromatic carbocycles. The number of aromatic nitrogens is 2. The van der Waals surface area contributed by atoms with E-state index in [-0.39, 0.29) is 11.8 Å². The van der Waals surface area contributed by atoms with Crippen LogP contribution in [-0.2, 0) is 4.79 Å². The first-order valence-electron chi connectivity index (χ1n) is 5.11. The van der Waals surface area contributed by atoms with E-state index in [0.29, 0.717) is 17.9 Å². The molecule has 2 aromatic rings. The van der Waals surface area contributed by atoms with Gasteiger partial charge in [-0.15, -0.1) is 0 Å². The van der Waals surface area contributed by atoms with Crippen molar-refractivity contribution < 1.29 is 14.3 Å². The Hall–Kier alpha value is -1.91. The van der Waals surface area contributed by atoms with Crippen LogP contribution in [0.15, 0.2) is 16.7 Å². The van der Waals surface area contributed by atoms with E-state index in [1.165, 1.54) is 0 Å². The number of oxazole rings is 1. The first-order valence-corrected chi connectivity index (χ1v) is 5.11. The monoisotopic (exact) mass is 218 g/mol. The van der Waals surface area contributed by atoms with Crippen LogP contribution >= 0.6 is 0 Å². The van der Waals surface area contributed by atoms with Crippen molar-refractivity contribution in [1.29, 1.82) is 0 Å². The van der Waals surface area contributed by atoms with E-state index in [9.17, 15) is 4.79 Å². The fourth-order valence-electron chi connectivity index (χ4n) is 1.85. The highest BCUT2D eigenvalue weighted by atomic mass is 16.4. The maximum atomic E-state index is 10.7. The minimum Gasteiger partial charge on any atom is -0.481 e. The molecule has 5 heteroatoms. The molecule has 0 unspecified atom stereocenters. The van der Waals surface area contributed by atoms with Crippen molar-refractivity contribution in [1.82, 2.24) is 9.97 Å². The summed E-state index contributed by atoms with van der Waals surface area (Å²) < 4.78 is 5.49. The summed E-state index contributed by atoms with van der Waals surface area (Å²) in [6, 6.07) is 1.83. The van der Waals surface area contributed by atoms with Gasteiger partial charge in [0, 0.05) is 11.6 Å². The van der Waals surface area contributed by atoms with Crippen LogP contribution in [0.3, 0.4) is 0 Å². The van der Waals surface area contributed by atoms with Crippen LogP contribution in [0.1, 0.15) is 23.9 Å². The molecular formula is C11H10N2O3. The second kappa shape index (κ2) is 3.04. The van der Waals surface area contributed by atoms with Crippen molar-refractivity contribution in [3.05, 3.63) is 23.8 Å². The van der Waals surface area contributed by atoms with Gasteiger partial charge in [-0.3, -0.25) is 9.78 Å². The fourth-order valence-corrected chi connectivity index (χ4v) is 1.85. The number of pyridine rings is 1. The first kappa shape index (κ1) is 9.33. The lowest BCUT2D eigenvalue weighted by atomic mass is 10.3. The molecule has 2 atom stereocenters. The number of fused-ring (bicyclic) bond motifs is 1. The third-order valence-electron chi connectivity index (χ3n) is 2.85. The number of nitrogens with zero attached hydrogens (tertiary/aromatic N) is 2. The van der Waals surface area contributed by atoms with E-state index >= 15 is 0 Å². The van der Waals surface area contributed by atoms with Crippen LogP contribution in [0.5, 0.6) is 0 Å². The molecule has 82 valence electrons. The number of rotatable bonds is 2. The molecule has 0 spiro atoms. The van der Waals surface area contributed by atoms with Gasteiger partial charge in [-0.1, -0.05) is 0 Å². The third kappa shape index (κ3) is 1.36. The molecule has 0 radical (unpaired) electrons. The summed E-state index contributed by atoms with van der Waals surface area (Å²) in [5.41, 5.74) is 2.24. The molecule has 16 heavy (non-hydrogen) atoms. The van der Waals surface area contributed by atoms with Crippen LogP contribution in [0.2, 0.25) is 0 Å². The van der Waals surface area contributed by atoms with E-state index in [1.54, 1.807) is 6.20 Å². The van der Waals surface area contributed by atoms with Crippen molar-refractivity contribution in [2.75, 3.05) is 0 Å². The maximum absolute atomic E-state index is 10.7. The zero-order chi connectivity index (χ0) is 11.3. The summed E-state index contributed by atoms with van der Waals surface area (Å²) in [7, 11) is 0. The summed E-state index contributed by atoms with van der Waals surface area (Å²) in [5.74, 6) is -0.649. The molecular weight excluding hydrogens is 208 g/mol. The Labute approximate surface area is 91.1 Å². The van der Waals surface area contributed by atoms with Crippen LogP contribution in [0, 0.1) is 12.8 Å². The number of carboxylic acids is 1. The summed E-state index contributed by atoms with van der Waals surface area (Å²) >= 11 is 0. The van der Waals surface area contributed by atoms with Gasteiger partial charge in [0.05, 0.1) is 12.1 Å². The van der Waals surface area contributed by atoms with E-state index in [2.05, 4.69) is 9.97 Å². The molecule has 5 nitrogen and oxygen atoms in total. The number of hydrogen-bond donors (Lipinski definition) is 1. The van der Waals surface area contributed by atoms with E-state index < -0.39 is 5.97 Å². The lowest BCUT2D eigenvalue weighted by molar-refractivity contribution is -0.138. The SMILES string of the molecule is Cc1cc2nc([C@H]3C[C@@H]3C(=O)O)oc2cn1. The van der Waals surface area contributed by atoms with Gasteiger partial charge in [0.2, 0.25) is 0 Å². The second-order valence-corrected chi connectivity index (χ2v) is 4.13. The van der Waals surface area contributed by atoms with Gasteiger partial charge < -0.3 is 9.52 Å². The van der Waals surface area contributed by atoms with Crippen LogP contribution in [0.4, 0.5) is 0 Å². The molecule has 2 aromatic heterocycles. The number of aryl methyl sites for hydroxylation is 1. The topological polar surface area (TPSA) is 76.2 Å². The molecule has 2 heterocycles. The Bertz CT molecular complexity index is 576. The van der Waals surface area contributed by atoms with Gasteiger partial charge >= 0.3 is 5.97 Å². The Balaban J connectivity index is 1.98. The highest BCUT2D eigenvalue weighted by Gasteiger charge is 2.47. The zero-order valence-electron chi connectivity index (χ0n) is 8.67. The van der Waals surface area contributed by atoms with Crippen LogP contribution in [-0.4, -0.2) is 21.0 Å². The van der Waals surface area contributed by atoms with E-state index in [4.69, 9.17) is 9.52 Å². The average Bonchev–Trinajstić information content (AvgIpc) is 2.93.